The van der Waals surface area contributed by atoms with E-state index in [1.54, 1.807) is 0 Å². The molecule has 0 heterocycles. The number of hydrogen-bond donors (Lipinski definition) is 1. The van der Waals surface area contributed by atoms with Gasteiger partial charge in [0.2, 0.25) is 5.91 Å². The van der Waals surface area contributed by atoms with E-state index >= 15 is 0 Å². The van der Waals surface area contributed by atoms with Gasteiger partial charge in [-0.2, -0.15) is 0 Å². The van der Waals surface area contributed by atoms with Gasteiger partial charge in [-0.3, -0.25) is 4.79 Å². The number of amides is 1. The maximum absolute atomic E-state index is 11.6. The third kappa shape index (κ3) is 12.2. The van der Waals surface area contributed by atoms with Gasteiger partial charge >= 0.3 is 0 Å². The zero-order valence-corrected chi connectivity index (χ0v) is 13.1. The molecule has 0 aromatic heterocycles. The standard InChI is InChI=1S/C15H30ClNO/c1-4-5-6-7-8-9-10-15(18)17-12-14(16)11-13(2)3/h13-14H,4-12H2,1-3H3,(H,17,18). The third-order valence-electron chi connectivity index (χ3n) is 3.01. The molecular weight excluding hydrogens is 246 g/mol. The summed E-state index contributed by atoms with van der Waals surface area (Å²) in [5.74, 6) is 0.739. The van der Waals surface area contributed by atoms with Crippen molar-refractivity contribution in [3.05, 3.63) is 0 Å². The van der Waals surface area contributed by atoms with Gasteiger partial charge in [-0.25, -0.2) is 0 Å². The third-order valence-corrected chi connectivity index (χ3v) is 3.34. The number of rotatable bonds is 11. The topological polar surface area (TPSA) is 29.1 Å². The first-order chi connectivity index (χ1) is 8.56. The predicted molar refractivity (Wildman–Crippen MR) is 80.1 cm³/mol. The van der Waals surface area contributed by atoms with Crippen molar-refractivity contribution in [3.63, 3.8) is 0 Å². The van der Waals surface area contributed by atoms with Crippen LogP contribution in [0.15, 0.2) is 0 Å². The molecule has 1 atom stereocenters. The van der Waals surface area contributed by atoms with Crippen molar-refractivity contribution in [1.82, 2.24) is 5.32 Å². The van der Waals surface area contributed by atoms with Crippen LogP contribution in [0.3, 0.4) is 0 Å². The van der Waals surface area contributed by atoms with Gasteiger partial charge < -0.3 is 5.32 Å². The fourth-order valence-corrected chi connectivity index (χ4v) is 2.41. The maximum Gasteiger partial charge on any atom is 0.220 e. The van der Waals surface area contributed by atoms with E-state index in [-0.39, 0.29) is 11.3 Å². The average Bonchev–Trinajstić information content (AvgIpc) is 2.30. The van der Waals surface area contributed by atoms with Crippen molar-refractivity contribution in [3.8, 4) is 0 Å². The minimum atomic E-state index is 0.0681. The molecule has 0 saturated heterocycles. The monoisotopic (exact) mass is 275 g/mol. The van der Waals surface area contributed by atoms with Crippen LogP contribution < -0.4 is 5.32 Å². The normalized spacial score (nSPS) is 12.7. The molecule has 0 bridgehead atoms. The number of alkyl halides is 1. The lowest BCUT2D eigenvalue weighted by Gasteiger charge is -2.12. The summed E-state index contributed by atoms with van der Waals surface area (Å²) in [6.07, 6.45) is 8.93. The summed E-state index contributed by atoms with van der Waals surface area (Å²) < 4.78 is 0. The summed E-state index contributed by atoms with van der Waals surface area (Å²) in [6, 6.07) is 0. The molecule has 0 spiro atoms. The highest BCUT2D eigenvalue weighted by molar-refractivity contribution is 6.20. The molecular formula is C15H30ClNO. The summed E-state index contributed by atoms with van der Waals surface area (Å²) >= 11 is 6.12. The molecule has 0 rings (SSSR count). The highest BCUT2D eigenvalue weighted by Crippen LogP contribution is 2.10. The van der Waals surface area contributed by atoms with Gasteiger partial charge in [0, 0.05) is 13.0 Å². The van der Waals surface area contributed by atoms with Gasteiger partial charge in [0.1, 0.15) is 0 Å². The Bertz CT molecular complexity index is 207. The second-order valence-corrected chi connectivity index (χ2v) is 6.17. The van der Waals surface area contributed by atoms with Crippen molar-refractivity contribution >= 4 is 17.5 Å². The van der Waals surface area contributed by atoms with Crippen LogP contribution in [0.1, 0.15) is 72.1 Å². The second-order valence-electron chi connectivity index (χ2n) is 5.55. The number of hydrogen-bond acceptors (Lipinski definition) is 1. The number of carbonyl (C=O) groups excluding carboxylic acids is 1. The molecule has 1 unspecified atom stereocenters. The quantitative estimate of drug-likeness (QED) is 0.436. The van der Waals surface area contributed by atoms with Crippen molar-refractivity contribution in [1.29, 1.82) is 0 Å². The minimum absolute atomic E-state index is 0.0681. The van der Waals surface area contributed by atoms with E-state index in [2.05, 4.69) is 26.1 Å². The Labute approximate surface area is 118 Å². The van der Waals surface area contributed by atoms with E-state index in [0.717, 1.165) is 12.8 Å². The van der Waals surface area contributed by atoms with Crippen LogP contribution in [0.25, 0.3) is 0 Å². The van der Waals surface area contributed by atoms with Crippen LogP contribution in [-0.4, -0.2) is 17.8 Å². The van der Waals surface area contributed by atoms with Crippen LogP contribution in [0.4, 0.5) is 0 Å². The van der Waals surface area contributed by atoms with Crippen molar-refractivity contribution < 1.29 is 4.79 Å². The summed E-state index contributed by atoms with van der Waals surface area (Å²) in [5, 5.41) is 2.99. The van der Waals surface area contributed by atoms with Crippen LogP contribution >= 0.6 is 11.6 Å². The lowest BCUT2D eigenvalue weighted by atomic mass is 10.1. The lowest BCUT2D eigenvalue weighted by Crippen LogP contribution is -2.30. The van der Waals surface area contributed by atoms with E-state index in [9.17, 15) is 4.79 Å². The summed E-state index contributed by atoms with van der Waals surface area (Å²) in [4.78, 5) is 11.6. The summed E-state index contributed by atoms with van der Waals surface area (Å²) in [7, 11) is 0. The predicted octanol–water partition coefficient (Wildman–Crippen LogP) is 4.51. The van der Waals surface area contributed by atoms with Gasteiger partial charge in [0.05, 0.1) is 5.38 Å². The lowest BCUT2D eigenvalue weighted by molar-refractivity contribution is -0.121. The average molecular weight is 276 g/mol. The van der Waals surface area contributed by atoms with Gasteiger partial charge in [-0.05, 0) is 18.8 Å². The number of carbonyl (C=O) groups is 1. The summed E-state index contributed by atoms with van der Waals surface area (Å²) in [5.41, 5.74) is 0. The van der Waals surface area contributed by atoms with Crippen molar-refractivity contribution in [2.24, 2.45) is 5.92 Å². The highest BCUT2D eigenvalue weighted by atomic mass is 35.5. The molecule has 18 heavy (non-hydrogen) atoms. The fraction of sp³-hybridized carbons (Fsp3) is 0.933. The molecule has 3 heteroatoms. The van der Waals surface area contributed by atoms with E-state index in [1.807, 2.05) is 0 Å². The van der Waals surface area contributed by atoms with Gasteiger partial charge in [-0.15, -0.1) is 11.6 Å². The van der Waals surface area contributed by atoms with E-state index < -0.39 is 0 Å². The smallest absolute Gasteiger partial charge is 0.220 e. The zero-order valence-electron chi connectivity index (χ0n) is 12.3. The first-order valence-electron chi connectivity index (χ1n) is 7.47. The van der Waals surface area contributed by atoms with Crippen LogP contribution in [0, 0.1) is 5.92 Å². The number of nitrogens with one attached hydrogen (secondary N) is 1. The van der Waals surface area contributed by atoms with Crippen LogP contribution in [0.5, 0.6) is 0 Å². The van der Waals surface area contributed by atoms with Crippen molar-refractivity contribution in [2.45, 2.75) is 77.5 Å². The molecule has 0 aromatic rings. The molecule has 0 radical (unpaired) electrons. The molecule has 108 valence electrons. The highest BCUT2D eigenvalue weighted by Gasteiger charge is 2.08. The number of unbranched alkanes of at least 4 members (excludes halogenated alkanes) is 5. The first kappa shape index (κ1) is 17.8. The number of halogens is 1. The largest absolute Gasteiger partial charge is 0.355 e. The molecule has 0 saturated carbocycles. The first-order valence-corrected chi connectivity index (χ1v) is 7.90. The molecule has 2 nitrogen and oxygen atoms in total. The zero-order chi connectivity index (χ0) is 13.8. The summed E-state index contributed by atoms with van der Waals surface area (Å²) in [6.45, 7) is 7.11. The molecule has 1 amide bonds. The Morgan fingerprint density at radius 1 is 1.11 bits per heavy atom. The molecule has 0 aromatic carbocycles. The van der Waals surface area contributed by atoms with Crippen LogP contribution in [-0.2, 0) is 4.79 Å². The Hall–Kier alpha value is -0.240. The molecule has 0 fully saturated rings. The SMILES string of the molecule is CCCCCCCCC(=O)NCC(Cl)CC(C)C. The van der Waals surface area contributed by atoms with Crippen molar-refractivity contribution in [2.75, 3.05) is 6.54 Å². The molecule has 1 N–H and O–H groups in total. The van der Waals surface area contributed by atoms with E-state index in [1.165, 1.54) is 32.1 Å². The molecule has 0 aliphatic rings. The Morgan fingerprint density at radius 3 is 2.33 bits per heavy atom. The van der Waals surface area contributed by atoms with Gasteiger partial charge in [0.25, 0.3) is 0 Å². The van der Waals surface area contributed by atoms with E-state index in [4.69, 9.17) is 11.6 Å². The second kappa shape index (κ2) is 11.8. The van der Waals surface area contributed by atoms with Gasteiger partial charge in [-0.1, -0.05) is 52.9 Å². The van der Waals surface area contributed by atoms with Gasteiger partial charge in [0.15, 0.2) is 0 Å². The fourth-order valence-electron chi connectivity index (χ4n) is 1.97. The molecule has 0 aliphatic heterocycles. The Kier molecular flexibility index (Phi) is 11.7. The Balaban J connectivity index is 3.37. The van der Waals surface area contributed by atoms with Crippen LogP contribution in [0.2, 0.25) is 0 Å². The minimum Gasteiger partial charge on any atom is -0.355 e. The maximum atomic E-state index is 11.6. The Morgan fingerprint density at radius 2 is 1.72 bits per heavy atom. The van der Waals surface area contributed by atoms with E-state index in [0.29, 0.717) is 18.9 Å². The molecule has 0 aliphatic carbocycles.